The summed E-state index contributed by atoms with van der Waals surface area (Å²) >= 11 is 0. The quantitative estimate of drug-likeness (QED) is 0.453. The third-order valence-electron chi connectivity index (χ3n) is 8.76. The van der Waals surface area contributed by atoms with Gasteiger partial charge in [0.15, 0.2) is 0 Å². The highest BCUT2D eigenvalue weighted by Crippen LogP contribution is 2.65. The van der Waals surface area contributed by atoms with Crippen LogP contribution in [-0.2, 0) is 19.7 Å². The summed E-state index contributed by atoms with van der Waals surface area (Å²) in [6.45, 7) is 12.2. The number of ether oxygens (including phenoxy) is 3. The second-order valence-electron chi connectivity index (χ2n) is 11.5. The van der Waals surface area contributed by atoms with Crippen LogP contribution >= 0.6 is 0 Å². The second-order valence-corrected chi connectivity index (χ2v) is 11.5. The molecule has 0 N–H and O–H groups in total. The summed E-state index contributed by atoms with van der Waals surface area (Å²) < 4.78 is 17.7. The van der Waals surface area contributed by atoms with Gasteiger partial charge in [-0.1, -0.05) is 51.1 Å². The van der Waals surface area contributed by atoms with Gasteiger partial charge in [0.2, 0.25) is 5.60 Å². The van der Waals surface area contributed by atoms with E-state index in [1.54, 1.807) is 0 Å². The first-order valence-electron chi connectivity index (χ1n) is 11.7. The largest absolute Gasteiger partial charge is 0.488 e. The van der Waals surface area contributed by atoms with Crippen LogP contribution < -0.4 is 9.47 Å². The predicted octanol–water partition coefficient (Wildman–Crippen LogP) is 5.58. The van der Waals surface area contributed by atoms with E-state index in [-0.39, 0.29) is 17.0 Å². The molecule has 1 saturated heterocycles. The Bertz CT molecular complexity index is 1150. The van der Waals surface area contributed by atoms with Crippen molar-refractivity contribution < 1.29 is 23.8 Å². The molecule has 1 saturated carbocycles. The number of rotatable bonds is 3. The summed E-state index contributed by atoms with van der Waals surface area (Å²) in [6, 6.07) is 15.9. The van der Waals surface area contributed by atoms with E-state index >= 15 is 0 Å². The van der Waals surface area contributed by atoms with Gasteiger partial charge < -0.3 is 14.2 Å². The Labute approximate surface area is 195 Å². The number of esters is 2. The monoisotopic (exact) mass is 448 g/mol. The molecule has 2 aromatic rings. The Morgan fingerprint density at radius 3 is 2.15 bits per heavy atom. The van der Waals surface area contributed by atoms with Crippen LogP contribution in [0.2, 0.25) is 0 Å². The Kier molecular flexibility index (Phi) is 4.41. The van der Waals surface area contributed by atoms with Crippen molar-refractivity contribution in [3.8, 4) is 11.5 Å². The summed E-state index contributed by atoms with van der Waals surface area (Å²) in [5.41, 5.74) is -0.779. The Hall–Kier alpha value is -2.82. The van der Waals surface area contributed by atoms with Crippen molar-refractivity contribution in [1.82, 2.24) is 0 Å². The van der Waals surface area contributed by atoms with Crippen molar-refractivity contribution in [2.24, 2.45) is 10.8 Å². The highest BCUT2D eigenvalue weighted by molar-refractivity contribution is 5.94. The highest BCUT2D eigenvalue weighted by Gasteiger charge is 2.76. The molecule has 0 amide bonds. The normalized spacial score (nSPS) is 33.1. The van der Waals surface area contributed by atoms with Gasteiger partial charge in [-0.25, -0.2) is 4.79 Å². The van der Waals surface area contributed by atoms with Crippen LogP contribution in [0.3, 0.4) is 0 Å². The zero-order chi connectivity index (χ0) is 23.9. The third-order valence-corrected chi connectivity index (χ3v) is 8.76. The van der Waals surface area contributed by atoms with Crippen molar-refractivity contribution >= 4 is 11.9 Å². The van der Waals surface area contributed by atoms with Gasteiger partial charge in [-0.15, -0.1) is 0 Å². The Morgan fingerprint density at radius 2 is 1.55 bits per heavy atom. The smallest absolute Gasteiger partial charge is 0.356 e. The molecule has 33 heavy (non-hydrogen) atoms. The lowest BCUT2D eigenvalue weighted by Gasteiger charge is -2.44. The molecule has 2 aliphatic heterocycles. The molecule has 1 unspecified atom stereocenters. The van der Waals surface area contributed by atoms with Crippen molar-refractivity contribution in [2.45, 2.75) is 77.4 Å². The van der Waals surface area contributed by atoms with Crippen molar-refractivity contribution in [3.63, 3.8) is 0 Å². The van der Waals surface area contributed by atoms with Gasteiger partial charge in [-0.2, -0.15) is 0 Å². The van der Waals surface area contributed by atoms with E-state index < -0.39 is 22.4 Å². The minimum Gasteiger partial charge on any atom is -0.488 e. The fourth-order valence-electron chi connectivity index (χ4n) is 6.33. The van der Waals surface area contributed by atoms with E-state index in [1.807, 2.05) is 63.2 Å². The molecular weight excluding hydrogens is 416 g/mol. The van der Waals surface area contributed by atoms with Gasteiger partial charge in [0.25, 0.3) is 0 Å². The number of carbonyl (C=O) groups is 2. The number of hydrogen-bond acceptors (Lipinski definition) is 5. The average molecular weight is 449 g/mol. The molecule has 0 aromatic heterocycles. The topological polar surface area (TPSA) is 61.8 Å². The second kappa shape index (κ2) is 6.62. The van der Waals surface area contributed by atoms with E-state index in [1.165, 1.54) is 0 Å². The number of carbonyl (C=O) groups excluding carboxylic acids is 2. The molecule has 2 bridgehead atoms. The first-order chi connectivity index (χ1) is 15.3. The van der Waals surface area contributed by atoms with Crippen LogP contribution in [0.1, 0.15) is 71.9 Å². The van der Waals surface area contributed by atoms with Gasteiger partial charge in [0.05, 0.1) is 5.41 Å². The lowest BCUT2D eigenvalue weighted by molar-refractivity contribution is -0.176. The lowest BCUT2D eigenvalue weighted by atomic mass is 9.66. The van der Waals surface area contributed by atoms with E-state index in [0.29, 0.717) is 18.6 Å². The summed E-state index contributed by atoms with van der Waals surface area (Å²) in [5, 5.41) is 0. The van der Waals surface area contributed by atoms with Crippen LogP contribution in [-0.4, -0.2) is 23.1 Å². The van der Waals surface area contributed by atoms with Crippen LogP contribution in [0.5, 0.6) is 11.5 Å². The molecule has 5 heteroatoms. The molecule has 2 heterocycles. The molecule has 1 aliphatic carbocycles. The first-order valence-corrected chi connectivity index (χ1v) is 11.7. The molecule has 5 rings (SSSR count). The fraction of sp³-hybridized carbons (Fsp3) is 0.500. The molecule has 0 radical (unpaired) electrons. The standard InChI is InChI=1S/C28H32O5/c1-24(2)17-26(5,20-9-7-8-10-21(20)32-24)18-11-13-19(14-12-18)31-23(30)28-16-15-27(6,22(29)33-28)25(28,3)4/h7-14H,15-17H2,1-6H3/t26?,27-,28-/m1/s1. The van der Waals surface area contributed by atoms with E-state index in [0.717, 1.165) is 23.3 Å². The van der Waals surface area contributed by atoms with Crippen molar-refractivity contribution in [2.75, 3.05) is 0 Å². The van der Waals surface area contributed by atoms with Gasteiger partial charge in [-0.3, -0.25) is 4.79 Å². The fourth-order valence-corrected chi connectivity index (χ4v) is 6.33. The zero-order valence-corrected chi connectivity index (χ0v) is 20.3. The maximum Gasteiger partial charge on any atom is 0.356 e. The maximum atomic E-state index is 13.3. The molecule has 0 spiro atoms. The predicted molar refractivity (Wildman–Crippen MR) is 124 cm³/mol. The minimum atomic E-state index is -1.23. The lowest BCUT2D eigenvalue weighted by Crippen LogP contribution is -2.50. The van der Waals surface area contributed by atoms with E-state index in [9.17, 15) is 9.59 Å². The number of para-hydroxylation sites is 1. The maximum absolute atomic E-state index is 13.3. The first kappa shape index (κ1) is 22.0. The molecule has 5 nitrogen and oxygen atoms in total. The summed E-state index contributed by atoms with van der Waals surface area (Å²) in [6.07, 6.45) is 1.94. The van der Waals surface area contributed by atoms with Crippen LogP contribution in [0.4, 0.5) is 0 Å². The highest BCUT2D eigenvalue weighted by atomic mass is 16.6. The average Bonchev–Trinajstić information content (AvgIpc) is 3.04. The molecular formula is C28H32O5. The minimum absolute atomic E-state index is 0.240. The van der Waals surface area contributed by atoms with Crippen LogP contribution in [0, 0.1) is 10.8 Å². The summed E-state index contributed by atoms with van der Waals surface area (Å²) in [7, 11) is 0. The van der Waals surface area contributed by atoms with E-state index in [4.69, 9.17) is 14.2 Å². The molecule has 3 atom stereocenters. The Balaban J connectivity index is 1.43. The summed E-state index contributed by atoms with van der Waals surface area (Å²) in [4.78, 5) is 25.8. The van der Waals surface area contributed by atoms with Gasteiger partial charge in [-0.05, 0) is 57.4 Å². The van der Waals surface area contributed by atoms with Crippen molar-refractivity contribution in [3.05, 3.63) is 59.7 Å². The van der Waals surface area contributed by atoms with Crippen molar-refractivity contribution in [1.29, 1.82) is 0 Å². The van der Waals surface area contributed by atoms with E-state index in [2.05, 4.69) is 26.8 Å². The molecule has 3 aliphatic rings. The molecule has 2 fully saturated rings. The molecule has 2 aromatic carbocycles. The van der Waals surface area contributed by atoms with Crippen LogP contribution in [0.15, 0.2) is 48.5 Å². The zero-order valence-electron chi connectivity index (χ0n) is 20.3. The summed E-state index contributed by atoms with van der Waals surface area (Å²) in [5.74, 6) is 0.562. The Morgan fingerprint density at radius 1 is 0.879 bits per heavy atom. The SMILES string of the molecule is CC1(C)CC(C)(c2ccc(OC(=O)[C@@]34CC[C@](C)(C(=O)O3)C4(C)C)cc2)c2ccccc2O1. The third kappa shape index (κ3) is 2.84. The van der Waals surface area contributed by atoms with Crippen LogP contribution in [0.25, 0.3) is 0 Å². The van der Waals surface area contributed by atoms with Gasteiger partial charge in [0.1, 0.15) is 17.1 Å². The van der Waals surface area contributed by atoms with Gasteiger partial charge in [0, 0.05) is 22.8 Å². The number of benzene rings is 2. The number of fused-ring (bicyclic) bond motifs is 3. The van der Waals surface area contributed by atoms with Gasteiger partial charge >= 0.3 is 11.9 Å². The molecule has 174 valence electrons. The number of hydrogen-bond donors (Lipinski definition) is 0.